The molecule has 0 atom stereocenters. The van der Waals surface area contributed by atoms with Crippen LogP contribution in [0.4, 0.5) is 0 Å². The number of aromatic hydroxyl groups is 1. The second kappa shape index (κ2) is 3.61. The molecular weight excluding hydrogens is 200 g/mol. The lowest BCUT2D eigenvalue weighted by atomic mass is 10.1. The smallest absolute Gasteiger partial charge is 0.231 e. The highest BCUT2D eigenvalue weighted by Gasteiger charge is 2.20. The summed E-state index contributed by atoms with van der Waals surface area (Å²) in [7, 11) is 0. The maximum Gasteiger partial charge on any atom is 0.231 e. The summed E-state index contributed by atoms with van der Waals surface area (Å²) in [5.41, 5.74) is 0.0753. The van der Waals surface area contributed by atoms with Crippen LogP contribution in [0.15, 0.2) is 12.1 Å². The first-order valence-electron chi connectivity index (χ1n) is 4.32. The number of ketones is 1. The fraction of sp³-hybridized carbons (Fsp3) is 0.200. The summed E-state index contributed by atoms with van der Waals surface area (Å²) in [6, 6.07) is 2.68. The molecule has 5 nitrogen and oxygen atoms in total. The second-order valence-electron chi connectivity index (χ2n) is 3.02. The first-order valence-corrected chi connectivity index (χ1v) is 4.32. The summed E-state index contributed by atoms with van der Waals surface area (Å²) in [4.78, 5) is 21.6. The first-order chi connectivity index (χ1) is 7.22. The molecule has 0 aliphatic carbocycles. The Kier molecular flexibility index (Phi) is 2.29. The van der Waals surface area contributed by atoms with Gasteiger partial charge in [0.25, 0.3) is 0 Å². The van der Waals surface area contributed by atoms with E-state index in [0.29, 0.717) is 17.8 Å². The van der Waals surface area contributed by atoms with Gasteiger partial charge >= 0.3 is 0 Å². The van der Waals surface area contributed by atoms with E-state index in [9.17, 15) is 14.7 Å². The summed E-state index contributed by atoms with van der Waals surface area (Å²) in [5, 5.41) is 9.50. The monoisotopic (exact) mass is 208 g/mol. The van der Waals surface area contributed by atoms with Gasteiger partial charge in [-0.05, 0) is 6.07 Å². The van der Waals surface area contributed by atoms with Crippen LogP contribution in [-0.2, 0) is 4.79 Å². The van der Waals surface area contributed by atoms with E-state index >= 15 is 0 Å². The van der Waals surface area contributed by atoms with Crippen molar-refractivity contribution in [2.45, 2.75) is 6.42 Å². The van der Waals surface area contributed by atoms with Gasteiger partial charge in [0.2, 0.25) is 6.79 Å². The molecule has 0 fully saturated rings. The number of phenols is 1. The number of carbonyl (C=O) groups is 2. The van der Waals surface area contributed by atoms with Crippen molar-refractivity contribution in [3.8, 4) is 17.2 Å². The van der Waals surface area contributed by atoms with E-state index in [0.717, 1.165) is 0 Å². The van der Waals surface area contributed by atoms with Gasteiger partial charge in [-0.2, -0.15) is 0 Å². The molecule has 0 saturated heterocycles. The van der Waals surface area contributed by atoms with Crippen LogP contribution in [0.3, 0.4) is 0 Å². The molecule has 0 aromatic heterocycles. The van der Waals surface area contributed by atoms with Gasteiger partial charge in [0.1, 0.15) is 12.0 Å². The number of Topliss-reactive ketones (excluding diaryl/α,β-unsaturated/α-hetero) is 1. The van der Waals surface area contributed by atoms with Crippen molar-refractivity contribution in [2.24, 2.45) is 0 Å². The molecule has 1 aromatic rings. The molecule has 0 bridgehead atoms. The minimum absolute atomic E-state index is 0.0695. The highest BCUT2D eigenvalue weighted by Crippen LogP contribution is 2.37. The topological polar surface area (TPSA) is 72.8 Å². The molecule has 0 saturated carbocycles. The van der Waals surface area contributed by atoms with Crippen molar-refractivity contribution in [1.82, 2.24) is 0 Å². The molecule has 1 aliphatic heterocycles. The number of benzene rings is 1. The molecule has 0 unspecified atom stereocenters. The molecule has 0 radical (unpaired) electrons. The number of hydrogen-bond donors (Lipinski definition) is 1. The van der Waals surface area contributed by atoms with Gasteiger partial charge in [0.15, 0.2) is 17.3 Å². The molecule has 1 aromatic carbocycles. The molecule has 2 rings (SSSR count). The Hall–Kier alpha value is -2.04. The zero-order valence-electron chi connectivity index (χ0n) is 7.73. The van der Waals surface area contributed by atoms with Crippen molar-refractivity contribution in [3.63, 3.8) is 0 Å². The molecule has 1 heterocycles. The number of carbonyl (C=O) groups excluding carboxylic acids is 2. The Morgan fingerprint density at radius 3 is 2.73 bits per heavy atom. The normalized spacial score (nSPS) is 12.5. The van der Waals surface area contributed by atoms with Gasteiger partial charge in [0, 0.05) is 6.07 Å². The molecule has 78 valence electrons. The zero-order valence-corrected chi connectivity index (χ0v) is 7.73. The molecule has 1 N–H and O–H groups in total. The predicted octanol–water partition coefficient (Wildman–Crippen LogP) is 0.893. The third kappa shape index (κ3) is 1.63. The highest BCUT2D eigenvalue weighted by atomic mass is 16.7. The number of rotatable bonds is 3. The third-order valence-electron chi connectivity index (χ3n) is 2.06. The van der Waals surface area contributed by atoms with Gasteiger partial charge in [-0.15, -0.1) is 0 Å². The van der Waals surface area contributed by atoms with Gasteiger partial charge in [-0.25, -0.2) is 0 Å². The fourth-order valence-electron chi connectivity index (χ4n) is 1.34. The lowest BCUT2D eigenvalue weighted by molar-refractivity contribution is -0.107. The van der Waals surface area contributed by atoms with Crippen molar-refractivity contribution in [2.75, 3.05) is 6.79 Å². The third-order valence-corrected chi connectivity index (χ3v) is 2.06. The van der Waals surface area contributed by atoms with Gasteiger partial charge < -0.3 is 19.4 Å². The average Bonchev–Trinajstić information content (AvgIpc) is 2.63. The van der Waals surface area contributed by atoms with E-state index in [1.807, 2.05) is 0 Å². The average molecular weight is 208 g/mol. The van der Waals surface area contributed by atoms with Gasteiger partial charge in [-0.1, -0.05) is 0 Å². The summed E-state index contributed by atoms with van der Waals surface area (Å²) >= 11 is 0. The van der Waals surface area contributed by atoms with Crippen LogP contribution in [-0.4, -0.2) is 24.0 Å². The van der Waals surface area contributed by atoms with Crippen LogP contribution < -0.4 is 9.47 Å². The van der Waals surface area contributed by atoms with Crippen LogP contribution in [0.2, 0.25) is 0 Å². The molecule has 1 aliphatic rings. The number of aldehydes is 1. The Balaban J connectivity index is 2.40. The lowest BCUT2D eigenvalue weighted by Crippen LogP contribution is -2.00. The first kappa shape index (κ1) is 9.51. The minimum atomic E-state index is -0.444. The number of phenolic OH excluding ortho intramolecular Hbond substituents is 1. The van der Waals surface area contributed by atoms with Crippen LogP contribution in [0, 0.1) is 0 Å². The van der Waals surface area contributed by atoms with Crippen molar-refractivity contribution < 1.29 is 24.2 Å². The molecule has 0 spiro atoms. The summed E-state index contributed by atoms with van der Waals surface area (Å²) in [6.07, 6.45) is 0.236. The molecular formula is C10H8O5. The van der Waals surface area contributed by atoms with E-state index in [4.69, 9.17) is 9.47 Å². The summed E-state index contributed by atoms with van der Waals surface area (Å²) in [5.74, 6) is 0.157. The minimum Gasteiger partial charge on any atom is -0.507 e. The fourth-order valence-corrected chi connectivity index (χ4v) is 1.34. The van der Waals surface area contributed by atoms with E-state index in [1.54, 1.807) is 0 Å². The maximum absolute atomic E-state index is 11.4. The summed E-state index contributed by atoms with van der Waals surface area (Å²) < 4.78 is 10.1. The van der Waals surface area contributed by atoms with Crippen molar-refractivity contribution in [3.05, 3.63) is 17.7 Å². The maximum atomic E-state index is 11.4. The Bertz CT molecular complexity index is 424. The Labute approximate surface area is 85.2 Å². The predicted molar refractivity (Wildman–Crippen MR) is 49.2 cm³/mol. The van der Waals surface area contributed by atoms with Crippen LogP contribution in [0.5, 0.6) is 17.2 Å². The Morgan fingerprint density at radius 1 is 1.40 bits per heavy atom. The van der Waals surface area contributed by atoms with E-state index in [1.165, 1.54) is 12.1 Å². The van der Waals surface area contributed by atoms with Crippen molar-refractivity contribution >= 4 is 12.1 Å². The van der Waals surface area contributed by atoms with Gasteiger partial charge in [-0.3, -0.25) is 4.79 Å². The SMILES string of the molecule is O=CCC(=O)c1cc2c(cc1O)OCO2. The summed E-state index contributed by atoms with van der Waals surface area (Å²) in [6.45, 7) is 0.0695. The molecule has 0 amide bonds. The zero-order chi connectivity index (χ0) is 10.8. The second-order valence-corrected chi connectivity index (χ2v) is 3.02. The van der Waals surface area contributed by atoms with Crippen molar-refractivity contribution in [1.29, 1.82) is 0 Å². The quantitative estimate of drug-likeness (QED) is 0.453. The Morgan fingerprint density at radius 2 is 2.07 bits per heavy atom. The molecule has 5 heteroatoms. The van der Waals surface area contributed by atoms with Crippen LogP contribution >= 0.6 is 0 Å². The number of hydrogen-bond acceptors (Lipinski definition) is 5. The molecule has 15 heavy (non-hydrogen) atoms. The van der Waals surface area contributed by atoms with Gasteiger partial charge in [0.05, 0.1) is 12.0 Å². The van der Waals surface area contributed by atoms with E-state index in [-0.39, 0.29) is 24.5 Å². The van der Waals surface area contributed by atoms with E-state index < -0.39 is 5.78 Å². The standard InChI is InChI=1S/C10H8O5/c11-2-1-7(12)6-3-9-10(4-8(6)13)15-5-14-9/h2-4,13H,1,5H2. The lowest BCUT2D eigenvalue weighted by Gasteiger charge is -2.03. The highest BCUT2D eigenvalue weighted by molar-refractivity contribution is 6.05. The largest absolute Gasteiger partial charge is 0.507 e. The van der Waals surface area contributed by atoms with Crippen LogP contribution in [0.1, 0.15) is 16.8 Å². The number of fused-ring (bicyclic) bond motifs is 1. The number of ether oxygens (including phenoxy) is 2. The van der Waals surface area contributed by atoms with E-state index in [2.05, 4.69) is 0 Å². The van der Waals surface area contributed by atoms with Crippen LogP contribution in [0.25, 0.3) is 0 Å².